The summed E-state index contributed by atoms with van der Waals surface area (Å²) < 4.78 is 0. The molecule has 0 aromatic heterocycles. The van der Waals surface area contributed by atoms with Crippen LogP contribution in [0.15, 0.2) is 0 Å². The van der Waals surface area contributed by atoms with Gasteiger partial charge >= 0.3 is 0 Å². The van der Waals surface area contributed by atoms with Crippen LogP contribution in [0.4, 0.5) is 0 Å². The summed E-state index contributed by atoms with van der Waals surface area (Å²) in [5.74, 6) is 1.98. The first kappa shape index (κ1) is 12.5. The Morgan fingerprint density at radius 1 is 1.47 bits per heavy atom. The Balaban J connectivity index is 2.40. The molecule has 0 aromatic rings. The smallest absolute Gasteiger partial charge is 0.222 e. The highest BCUT2D eigenvalue weighted by molar-refractivity contribution is 5.76. The van der Waals surface area contributed by atoms with Gasteiger partial charge in [-0.15, -0.1) is 0 Å². The molecule has 3 atom stereocenters. The normalized spacial score (nSPS) is 28.9. The predicted octanol–water partition coefficient (Wildman–Crippen LogP) is 1.48. The molecule has 1 amide bonds. The number of likely N-dealkylation sites (tertiary alicyclic amines) is 1. The Kier molecular flexibility index (Phi) is 4.58. The van der Waals surface area contributed by atoms with Crippen molar-refractivity contribution in [3.05, 3.63) is 0 Å². The van der Waals surface area contributed by atoms with Crippen molar-refractivity contribution in [3.63, 3.8) is 0 Å². The fraction of sp³-hybridized carbons (Fsp3) is 0.917. The molecule has 0 bridgehead atoms. The van der Waals surface area contributed by atoms with Gasteiger partial charge < -0.3 is 10.6 Å². The first-order valence-electron chi connectivity index (χ1n) is 6.02. The Hall–Kier alpha value is -0.570. The van der Waals surface area contributed by atoms with Gasteiger partial charge in [-0.05, 0) is 30.7 Å². The zero-order chi connectivity index (χ0) is 11.4. The molecule has 1 saturated heterocycles. The van der Waals surface area contributed by atoms with Crippen molar-refractivity contribution in [2.75, 3.05) is 19.6 Å². The number of nitrogens with zero attached hydrogens (tertiary/aromatic N) is 1. The number of rotatable bonds is 3. The average molecular weight is 212 g/mol. The van der Waals surface area contributed by atoms with Crippen molar-refractivity contribution in [3.8, 4) is 0 Å². The van der Waals surface area contributed by atoms with E-state index in [1.165, 1.54) is 0 Å². The van der Waals surface area contributed by atoms with E-state index in [9.17, 15) is 4.79 Å². The van der Waals surface area contributed by atoms with Gasteiger partial charge in [0.05, 0.1) is 0 Å². The lowest BCUT2D eigenvalue weighted by Gasteiger charge is -2.35. The van der Waals surface area contributed by atoms with E-state index in [1.54, 1.807) is 0 Å². The molecular weight excluding hydrogens is 188 g/mol. The monoisotopic (exact) mass is 212 g/mol. The van der Waals surface area contributed by atoms with Crippen LogP contribution in [0.5, 0.6) is 0 Å². The van der Waals surface area contributed by atoms with E-state index in [0.717, 1.165) is 25.4 Å². The van der Waals surface area contributed by atoms with Gasteiger partial charge in [-0.25, -0.2) is 0 Å². The minimum absolute atomic E-state index is 0.284. The molecule has 3 nitrogen and oxygen atoms in total. The third-order valence-corrected chi connectivity index (χ3v) is 3.61. The second-order valence-corrected chi connectivity index (χ2v) is 5.13. The van der Waals surface area contributed by atoms with Gasteiger partial charge in [0.1, 0.15) is 0 Å². The van der Waals surface area contributed by atoms with Gasteiger partial charge in [-0.3, -0.25) is 4.79 Å². The lowest BCUT2D eigenvalue weighted by Crippen LogP contribution is -2.42. The first-order chi connectivity index (χ1) is 7.04. The van der Waals surface area contributed by atoms with Gasteiger partial charge in [0.2, 0.25) is 5.91 Å². The summed E-state index contributed by atoms with van der Waals surface area (Å²) in [6, 6.07) is 0. The summed E-state index contributed by atoms with van der Waals surface area (Å²) in [7, 11) is 0. The van der Waals surface area contributed by atoms with Crippen LogP contribution in [0, 0.1) is 17.8 Å². The van der Waals surface area contributed by atoms with Crippen LogP contribution in [-0.2, 0) is 4.79 Å². The second-order valence-electron chi connectivity index (χ2n) is 5.13. The summed E-state index contributed by atoms with van der Waals surface area (Å²) in [5, 5.41) is 0. The predicted molar refractivity (Wildman–Crippen MR) is 62.4 cm³/mol. The minimum atomic E-state index is 0.284. The summed E-state index contributed by atoms with van der Waals surface area (Å²) in [6.45, 7) is 9.00. The van der Waals surface area contributed by atoms with Crippen LogP contribution in [0.3, 0.4) is 0 Å². The number of carbonyl (C=O) groups excluding carboxylic acids is 1. The topological polar surface area (TPSA) is 46.3 Å². The van der Waals surface area contributed by atoms with Crippen molar-refractivity contribution >= 4 is 5.91 Å². The van der Waals surface area contributed by atoms with Crippen molar-refractivity contribution in [1.82, 2.24) is 4.90 Å². The number of nitrogens with two attached hydrogens (primary N) is 1. The molecule has 3 heteroatoms. The molecule has 0 spiro atoms. The average Bonchev–Trinajstić information content (AvgIpc) is 2.21. The van der Waals surface area contributed by atoms with Crippen LogP contribution >= 0.6 is 0 Å². The van der Waals surface area contributed by atoms with Crippen molar-refractivity contribution in [2.45, 2.75) is 33.6 Å². The summed E-state index contributed by atoms with van der Waals surface area (Å²) in [5.41, 5.74) is 5.53. The highest BCUT2D eigenvalue weighted by Gasteiger charge is 2.26. The van der Waals surface area contributed by atoms with Gasteiger partial charge in [-0.1, -0.05) is 20.8 Å². The van der Waals surface area contributed by atoms with E-state index in [0.29, 0.717) is 24.8 Å². The minimum Gasteiger partial charge on any atom is -0.342 e. The van der Waals surface area contributed by atoms with Crippen LogP contribution in [0.25, 0.3) is 0 Å². The summed E-state index contributed by atoms with van der Waals surface area (Å²) in [6.07, 6.45) is 1.75. The molecule has 2 N–H and O–H groups in total. The first-order valence-corrected chi connectivity index (χ1v) is 6.02. The molecule has 0 saturated carbocycles. The van der Waals surface area contributed by atoms with Crippen molar-refractivity contribution in [1.29, 1.82) is 0 Å². The maximum Gasteiger partial charge on any atom is 0.222 e. The zero-order valence-corrected chi connectivity index (χ0v) is 10.2. The summed E-state index contributed by atoms with van der Waals surface area (Å²) >= 11 is 0. The molecule has 1 aliphatic heterocycles. The Morgan fingerprint density at radius 3 is 2.67 bits per heavy atom. The standard InChI is InChI=1S/C12H24N2O/c1-9(7-13)6-12(15)14-5-4-10(2)11(3)8-14/h9-11H,4-8,13H2,1-3H3. The number of piperidine rings is 1. The molecule has 1 rings (SSSR count). The van der Waals surface area contributed by atoms with Crippen LogP contribution in [-0.4, -0.2) is 30.4 Å². The maximum absolute atomic E-state index is 11.9. The quantitative estimate of drug-likeness (QED) is 0.770. The van der Waals surface area contributed by atoms with Crippen LogP contribution < -0.4 is 5.73 Å². The van der Waals surface area contributed by atoms with Gasteiger partial charge in [0, 0.05) is 19.5 Å². The molecule has 1 heterocycles. The molecule has 1 aliphatic rings. The van der Waals surface area contributed by atoms with E-state index in [1.807, 2.05) is 11.8 Å². The van der Waals surface area contributed by atoms with Crippen LogP contribution in [0.1, 0.15) is 33.6 Å². The van der Waals surface area contributed by atoms with Gasteiger partial charge in [0.15, 0.2) is 0 Å². The molecule has 0 aromatic carbocycles. The Labute approximate surface area is 93.0 Å². The molecule has 3 unspecified atom stereocenters. The van der Waals surface area contributed by atoms with Crippen molar-refractivity contribution < 1.29 is 4.79 Å². The SMILES string of the molecule is CC(CN)CC(=O)N1CCC(C)C(C)C1. The van der Waals surface area contributed by atoms with Gasteiger partial charge in [0.25, 0.3) is 0 Å². The summed E-state index contributed by atoms with van der Waals surface area (Å²) in [4.78, 5) is 13.9. The fourth-order valence-electron chi connectivity index (χ4n) is 2.00. The number of carbonyl (C=O) groups is 1. The number of amides is 1. The van der Waals surface area contributed by atoms with E-state index in [4.69, 9.17) is 5.73 Å². The second kappa shape index (κ2) is 5.50. The molecular formula is C12H24N2O. The molecule has 1 fully saturated rings. The number of hydrogen-bond donors (Lipinski definition) is 1. The maximum atomic E-state index is 11.9. The Morgan fingerprint density at radius 2 is 2.13 bits per heavy atom. The van der Waals surface area contributed by atoms with E-state index in [2.05, 4.69) is 13.8 Å². The highest BCUT2D eigenvalue weighted by atomic mass is 16.2. The van der Waals surface area contributed by atoms with E-state index >= 15 is 0 Å². The largest absolute Gasteiger partial charge is 0.342 e. The lowest BCUT2D eigenvalue weighted by atomic mass is 9.88. The molecule has 88 valence electrons. The number of hydrogen-bond acceptors (Lipinski definition) is 2. The van der Waals surface area contributed by atoms with Crippen molar-refractivity contribution in [2.24, 2.45) is 23.5 Å². The Bertz CT molecular complexity index is 218. The van der Waals surface area contributed by atoms with Crippen LogP contribution in [0.2, 0.25) is 0 Å². The molecule has 0 aliphatic carbocycles. The van der Waals surface area contributed by atoms with E-state index in [-0.39, 0.29) is 5.91 Å². The third kappa shape index (κ3) is 3.49. The zero-order valence-electron chi connectivity index (χ0n) is 10.2. The van der Waals surface area contributed by atoms with E-state index < -0.39 is 0 Å². The fourth-order valence-corrected chi connectivity index (χ4v) is 2.00. The highest BCUT2D eigenvalue weighted by Crippen LogP contribution is 2.23. The third-order valence-electron chi connectivity index (χ3n) is 3.61. The molecule has 0 radical (unpaired) electrons. The molecule has 15 heavy (non-hydrogen) atoms. The van der Waals surface area contributed by atoms with Gasteiger partial charge in [-0.2, -0.15) is 0 Å². The lowest BCUT2D eigenvalue weighted by molar-refractivity contribution is -0.134.